The molecule has 0 aliphatic heterocycles. The van der Waals surface area contributed by atoms with Crippen LogP contribution in [0.2, 0.25) is 0 Å². The lowest BCUT2D eigenvalue weighted by Crippen LogP contribution is -2.31. The van der Waals surface area contributed by atoms with Crippen molar-refractivity contribution in [3.8, 4) is 0 Å². The first kappa shape index (κ1) is 13.0. The Kier molecular flexibility index (Phi) is 3.98. The second kappa shape index (κ2) is 5.49. The Labute approximate surface area is 114 Å². The summed E-state index contributed by atoms with van der Waals surface area (Å²) in [6.07, 6.45) is 1.66. The molecular weight excluding hydrogens is 266 g/mol. The molecule has 0 spiro atoms. The van der Waals surface area contributed by atoms with E-state index in [0.29, 0.717) is 5.13 Å². The Morgan fingerprint density at radius 3 is 2.78 bits per heavy atom. The Bertz CT molecular complexity index is 534. The fourth-order valence-corrected chi connectivity index (χ4v) is 3.32. The number of thiazole rings is 1. The van der Waals surface area contributed by atoms with Crippen molar-refractivity contribution in [2.75, 3.05) is 5.32 Å². The number of amides is 2. The number of anilines is 1. The van der Waals surface area contributed by atoms with E-state index in [4.69, 9.17) is 0 Å². The first-order valence-corrected chi connectivity index (χ1v) is 7.30. The lowest BCUT2D eigenvalue weighted by Gasteiger charge is -2.13. The van der Waals surface area contributed by atoms with Gasteiger partial charge in [0.25, 0.3) is 0 Å². The molecule has 0 fully saturated rings. The molecule has 0 radical (unpaired) electrons. The van der Waals surface area contributed by atoms with E-state index in [1.54, 1.807) is 17.5 Å². The molecule has 0 bridgehead atoms. The maximum Gasteiger partial charge on any atom is 0.321 e. The van der Waals surface area contributed by atoms with E-state index in [2.05, 4.69) is 35.5 Å². The van der Waals surface area contributed by atoms with E-state index in [1.165, 1.54) is 26.7 Å². The maximum atomic E-state index is 11.8. The molecule has 18 heavy (non-hydrogen) atoms. The number of thiophene rings is 1. The highest BCUT2D eigenvalue weighted by Gasteiger charge is 2.14. The van der Waals surface area contributed by atoms with Gasteiger partial charge in [0.05, 0.1) is 6.04 Å². The number of hydrogen-bond donors (Lipinski definition) is 2. The number of nitrogens with one attached hydrogen (secondary N) is 2. The van der Waals surface area contributed by atoms with Gasteiger partial charge in [-0.05, 0) is 32.4 Å². The van der Waals surface area contributed by atoms with Crippen molar-refractivity contribution in [1.82, 2.24) is 10.3 Å². The van der Waals surface area contributed by atoms with E-state index in [0.717, 1.165) is 0 Å². The normalized spacial score (nSPS) is 12.2. The number of carbonyl (C=O) groups excluding carboxylic acids is 1. The second-order valence-corrected chi connectivity index (χ2v) is 6.38. The predicted octanol–water partition coefficient (Wildman–Crippen LogP) is 3.70. The average Bonchev–Trinajstić information content (AvgIpc) is 2.88. The highest BCUT2D eigenvalue weighted by Crippen LogP contribution is 2.26. The van der Waals surface area contributed by atoms with Gasteiger partial charge in [0.15, 0.2) is 5.13 Å². The van der Waals surface area contributed by atoms with Gasteiger partial charge in [-0.25, -0.2) is 9.78 Å². The first-order valence-electron chi connectivity index (χ1n) is 5.60. The Hall–Kier alpha value is -1.40. The van der Waals surface area contributed by atoms with Crippen LogP contribution >= 0.6 is 22.7 Å². The largest absolute Gasteiger partial charge is 0.331 e. The zero-order valence-electron chi connectivity index (χ0n) is 10.5. The minimum absolute atomic E-state index is 0.00471. The van der Waals surface area contributed by atoms with Crippen LogP contribution in [0.25, 0.3) is 0 Å². The lowest BCUT2D eigenvalue weighted by molar-refractivity contribution is 0.249. The molecule has 1 unspecified atom stereocenters. The number of aryl methyl sites for hydroxylation is 2. The van der Waals surface area contributed by atoms with Crippen LogP contribution in [-0.4, -0.2) is 11.0 Å². The van der Waals surface area contributed by atoms with Gasteiger partial charge in [-0.3, -0.25) is 5.32 Å². The van der Waals surface area contributed by atoms with Gasteiger partial charge in [-0.15, -0.1) is 22.7 Å². The van der Waals surface area contributed by atoms with Crippen LogP contribution in [0.3, 0.4) is 0 Å². The first-order chi connectivity index (χ1) is 8.56. The fourth-order valence-electron chi connectivity index (χ4n) is 1.77. The van der Waals surface area contributed by atoms with Crippen molar-refractivity contribution >= 4 is 33.8 Å². The number of aromatic nitrogens is 1. The van der Waals surface area contributed by atoms with Gasteiger partial charge in [-0.2, -0.15) is 0 Å². The SMILES string of the molecule is Cc1cc(C(C)NC(=O)Nc2nccs2)c(C)s1. The van der Waals surface area contributed by atoms with Crippen molar-refractivity contribution in [2.24, 2.45) is 0 Å². The fraction of sp³-hybridized carbons (Fsp3) is 0.333. The number of hydrogen-bond acceptors (Lipinski definition) is 4. The monoisotopic (exact) mass is 281 g/mol. The summed E-state index contributed by atoms with van der Waals surface area (Å²) in [4.78, 5) is 18.3. The highest BCUT2D eigenvalue weighted by molar-refractivity contribution is 7.13. The third kappa shape index (κ3) is 3.08. The molecule has 2 rings (SSSR count). The van der Waals surface area contributed by atoms with E-state index in [-0.39, 0.29) is 12.1 Å². The summed E-state index contributed by atoms with van der Waals surface area (Å²) in [5.74, 6) is 0. The molecule has 2 heterocycles. The van der Waals surface area contributed by atoms with Crippen LogP contribution in [0.5, 0.6) is 0 Å². The topological polar surface area (TPSA) is 54.0 Å². The number of nitrogens with zero attached hydrogens (tertiary/aromatic N) is 1. The molecule has 4 nitrogen and oxygen atoms in total. The number of urea groups is 1. The van der Waals surface area contributed by atoms with Crippen molar-refractivity contribution in [1.29, 1.82) is 0 Å². The minimum atomic E-state index is -0.222. The summed E-state index contributed by atoms with van der Waals surface area (Å²) in [5, 5.41) is 8.06. The average molecular weight is 281 g/mol. The van der Waals surface area contributed by atoms with Crippen molar-refractivity contribution in [2.45, 2.75) is 26.8 Å². The molecule has 0 aromatic carbocycles. The zero-order valence-corrected chi connectivity index (χ0v) is 12.1. The van der Waals surface area contributed by atoms with Crippen LogP contribution in [-0.2, 0) is 0 Å². The third-order valence-electron chi connectivity index (χ3n) is 2.55. The summed E-state index contributed by atoms with van der Waals surface area (Å²) in [5.41, 5.74) is 1.17. The van der Waals surface area contributed by atoms with Crippen LogP contribution < -0.4 is 10.6 Å². The third-order valence-corrected chi connectivity index (χ3v) is 4.22. The minimum Gasteiger partial charge on any atom is -0.331 e. The van der Waals surface area contributed by atoms with Crippen LogP contribution in [0.4, 0.5) is 9.93 Å². The van der Waals surface area contributed by atoms with Crippen LogP contribution in [0.1, 0.15) is 28.3 Å². The summed E-state index contributed by atoms with van der Waals surface area (Å²) < 4.78 is 0. The second-order valence-electron chi connectivity index (χ2n) is 4.03. The number of carbonyl (C=O) groups is 1. The Morgan fingerprint density at radius 2 is 2.22 bits per heavy atom. The van der Waals surface area contributed by atoms with Gasteiger partial charge in [0.2, 0.25) is 0 Å². The summed E-state index contributed by atoms with van der Waals surface area (Å²) in [6.45, 7) is 6.13. The molecule has 2 aromatic heterocycles. The summed E-state index contributed by atoms with van der Waals surface area (Å²) in [6, 6.07) is 1.89. The van der Waals surface area contributed by atoms with E-state index < -0.39 is 0 Å². The number of rotatable bonds is 3. The smallest absolute Gasteiger partial charge is 0.321 e. The molecule has 2 amide bonds. The van der Waals surface area contributed by atoms with E-state index in [1.807, 2.05) is 12.3 Å². The summed E-state index contributed by atoms with van der Waals surface area (Å²) in [7, 11) is 0. The van der Waals surface area contributed by atoms with Crippen LogP contribution in [0.15, 0.2) is 17.6 Å². The van der Waals surface area contributed by atoms with Crippen molar-refractivity contribution < 1.29 is 4.79 Å². The Morgan fingerprint density at radius 1 is 1.44 bits per heavy atom. The standard InChI is InChI=1S/C12H15N3OS2/c1-7-6-10(9(3)18-7)8(2)14-11(16)15-12-13-4-5-17-12/h4-6,8H,1-3H3,(H2,13,14,15,16). The lowest BCUT2D eigenvalue weighted by atomic mass is 10.1. The molecule has 0 aliphatic rings. The van der Waals surface area contributed by atoms with Crippen LogP contribution in [0, 0.1) is 13.8 Å². The van der Waals surface area contributed by atoms with Gasteiger partial charge >= 0.3 is 6.03 Å². The Balaban J connectivity index is 1.97. The molecule has 0 saturated heterocycles. The van der Waals surface area contributed by atoms with E-state index >= 15 is 0 Å². The molecule has 1 atom stereocenters. The predicted molar refractivity (Wildman–Crippen MR) is 76.5 cm³/mol. The summed E-state index contributed by atoms with van der Waals surface area (Å²) >= 11 is 3.15. The van der Waals surface area contributed by atoms with Crippen molar-refractivity contribution in [3.63, 3.8) is 0 Å². The highest BCUT2D eigenvalue weighted by atomic mass is 32.1. The zero-order chi connectivity index (χ0) is 13.1. The molecule has 2 aromatic rings. The molecular formula is C12H15N3OS2. The van der Waals surface area contributed by atoms with Gasteiger partial charge in [0.1, 0.15) is 0 Å². The quantitative estimate of drug-likeness (QED) is 0.901. The maximum absolute atomic E-state index is 11.8. The van der Waals surface area contributed by atoms with Gasteiger partial charge in [-0.1, -0.05) is 0 Å². The van der Waals surface area contributed by atoms with Gasteiger partial charge < -0.3 is 5.32 Å². The van der Waals surface area contributed by atoms with Crippen molar-refractivity contribution in [3.05, 3.63) is 33.0 Å². The molecule has 96 valence electrons. The molecule has 0 aliphatic carbocycles. The molecule has 2 N–H and O–H groups in total. The molecule has 6 heteroatoms. The van der Waals surface area contributed by atoms with E-state index in [9.17, 15) is 4.79 Å². The molecule has 0 saturated carbocycles. The van der Waals surface area contributed by atoms with Gasteiger partial charge in [0, 0.05) is 21.3 Å².